The average molecular weight is 341 g/mol. The van der Waals surface area contributed by atoms with Gasteiger partial charge in [0.25, 0.3) is 5.91 Å². The van der Waals surface area contributed by atoms with Crippen molar-refractivity contribution in [2.45, 2.75) is 26.3 Å². The Balaban J connectivity index is 2.24. The molecule has 0 spiro atoms. The maximum atomic E-state index is 14.5. The molecule has 0 aliphatic rings. The molecule has 1 amide bonds. The number of hydrogen-bond acceptors (Lipinski definition) is 2. The van der Waals surface area contributed by atoms with Crippen LogP contribution in [0.25, 0.3) is 21.2 Å². The van der Waals surface area contributed by atoms with Crippen molar-refractivity contribution >= 4 is 27.3 Å². The number of carbonyl (C=O) groups is 1. The molecule has 0 aliphatic heterocycles. The molecule has 2 aromatic carbocycles. The van der Waals surface area contributed by atoms with Gasteiger partial charge in [-0.2, -0.15) is 0 Å². The largest absolute Gasteiger partial charge is 0.339 e. The zero-order valence-electron chi connectivity index (χ0n) is 14.0. The third-order valence-electron chi connectivity index (χ3n) is 4.58. The zero-order chi connectivity index (χ0) is 17.3. The highest BCUT2D eigenvalue weighted by molar-refractivity contribution is 7.17. The lowest BCUT2D eigenvalue weighted by Gasteiger charge is -2.25. The van der Waals surface area contributed by atoms with Gasteiger partial charge in [-0.3, -0.25) is 4.79 Å². The molecule has 3 rings (SSSR count). The number of fused-ring (bicyclic) bond motifs is 1. The Morgan fingerprint density at radius 1 is 1.21 bits per heavy atom. The van der Waals surface area contributed by atoms with Gasteiger partial charge in [-0.25, -0.2) is 4.39 Å². The molecule has 124 valence electrons. The van der Waals surface area contributed by atoms with E-state index in [1.807, 2.05) is 37.4 Å². The van der Waals surface area contributed by atoms with E-state index >= 15 is 0 Å². The smallest absolute Gasteiger partial charge is 0.254 e. The molecule has 1 heterocycles. The Labute approximate surface area is 145 Å². The van der Waals surface area contributed by atoms with Crippen LogP contribution in [0, 0.1) is 5.82 Å². The van der Waals surface area contributed by atoms with Gasteiger partial charge in [-0.1, -0.05) is 25.1 Å². The molecule has 2 nitrogen and oxygen atoms in total. The van der Waals surface area contributed by atoms with Crippen molar-refractivity contribution in [1.82, 2.24) is 4.90 Å². The van der Waals surface area contributed by atoms with Gasteiger partial charge in [0, 0.05) is 39.9 Å². The highest BCUT2D eigenvalue weighted by Crippen LogP contribution is 2.36. The molecule has 0 N–H and O–H groups in total. The fourth-order valence-electron chi connectivity index (χ4n) is 2.84. The van der Waals surface area contributed by atoms with Gasteiger partial charge in [0.15, 0.2) is 0 Å². The average Bonchev–Trinajstić information content (AvgIpc) is 3.08. The summed E-state index contributed by atoms with van der Waals surface area (Å²) in [6.45, 7) is 4.07. The number of nitrogens with zero attached hydrogens (tertiary/aromatic N) is 1. The van der Waals surface area contributed by atoms with E-state index in [1.54, 1.807) is 41.5 Å². The highest BCUT2D eigenvalue weighted by Gasteiger charge is 2.23. The van der Waals surface area contributed by atoms with E-state index in [-0.39, 0.29) is 17.8 Å². The van der Waals surface area contributed by atoms with E-state index in [4.69, 9.17) is 0 Å². The van der Waals surface area contributed by atoms with Crippen molar-refractivity contribution in [1.29, 1.82) is 0 Å². The SMILES string of the molecule is CCC(C)N(C)C(=O)c1ccc2sccc2c1-c1ccccc1F. The Morgan fingerprint density at radius 2 is 1.96 bits per heavy atom. The molecule has 1 aromatic heterocycles. The predicted molar refractivity (Wildman–Crippen MR) is 99.1 cm³/mol. The van der Waals surface area contributed by atoms with Crippen LogP contribution in [0.2, 0.25) is 0 Å². The van der Waals surface area contributed by atoms with Crippen molar-refractivity contribution < 1.29 is 9.18 Å². The van der Waals surface area contributed by atoms with Gasteiger partial charge in [-0.05, 0) is 43.0 Å². The maximum absolute atomic E-state index is 14.5. The van der Waals surface area contributed by atoms with Crippen LogP contribution >= 0.6 is 11.3 Å². The molecule has 0 aliphatic carbocycles. The van der Waals surface area contributed by atoms with Gasteiger partial charge >= 0.3 is 0 Å². The molecule has 1 atom stereocenters. The molecule has 0 saturated heterocycles. The van der Waals surface area contributed by atoms with Gasteiger partial charge < -0.3 is 4.90 Å². The van der Waals surface area contributed by atoms with Crippen LogP contribution in [0.3, 0.4) is 0 Å². The lowest BCUT2D eigenvalue weighted by Crippen LogP contribution is -2.34. The fraction of sp³-hybridized carbons (Fsp3) is 0.250. The second kappa shape index (κ2) is 6.73. The summed E-state index contributed by atoms with van der Waals surface area (Å²) in [6.07, 6.45) is 0.873. The van der Waals surface area contributed by atoms with Crippen LogP contribution < -0.4 is 0 Å². The van der Waals surface area contributed by atoms with Crippen molar-refractivity contribution in [3.05, 3.63) is 59.2 Å². The van der Waals surface area contributed by atoms with Gasteiger partial charge in [0.1, 0.15) is 5.82 Å². The van der Waals surface area contributed by atoms with Crippen LogP contribution in [-0.2, 0) is 0 Å². The first-order chi connectivity index (χ1) is 11.5. The Hall–Kier alpha value is -2.20. The monoisotopic (exact) mass is 341 g/mol. The van der Waals surface area contributed by atoms with Crippen molar-refractivity contribution in [2.24, 2.45) is 0 Å². The second-order valence-corrected chi connectivity index (χ2v) is 6.92. The topological polar surface area (TPSA) is 20.3 Å². The number of thiophene rings is 1. The Kier molecular flexibility index (Phi) is 4.67. The number of amides is 1. The molecule has 0 saturated carbocycles. The van der Waals surface area contributed by atoms with Crippen LogP contribution in [0.5, 0.6) is 0 Å². The van der Waals surface area contributed by atoms with Gasteiger partial charge in [-0.15, -0.1) is 11.3 Å². The van der Waals surface area contributed by atoms with Gasteiger partial charge in [0.05, 0.1) is 0 Å². The van der Waals surface area contributed by atoms with E-state index < -0.39 is 0 Å². The molecule has 24 heavy (non-hydrogen) atoms. The molecular weight excluding hydrogens is 321 g/mol. The normalized spacial score (nSPS) is 12.3. The molecular formula is C20H20FNOS. The lowest BCUT2D eigenvalue weighted by atomic mass is 9.94. The van der Waals surface area contributed by atoms with Crippen LogP contribution in [-0.4, -0.2) is 23.9 Å². The first-order valence-electron chi connectivity index (χ1n) is 8.06. The number of halogens is 1. The minimum atomic E-state index is -0.309. The van der Waals surface area contributed by atoms with E-state index in [0.717, 1.165) is 16.5 Å². The van der Waals surface area contributed by atoms with Crippen molar-refractivity contribution in [2.75, 3.05) is 7.05 Å². The summed E-state index contributed by atoms with van der Waals surface area (Å²) >= 11 is 1.59. The summed E-state index contributed by atoms with van der Waals surface area (Å²) in [6, 6.07) is 12.5. The summed E-state index contributed by atoms with van der Waals surface area (Å²) in [4.78, 5) is 14.8. The molecule has 4 heteroatoms. The van der Waals surface area contributed by atoms with E-state index in [2.05, 4.69) is 0 Å². The zero-order valence-corrected chi connectivity index (χ0v) is 14.9. The standard InChI is InChI=1S/C20H20FNOS/c1-4-13(2)22(3)20(23)16-9-10-18-15(11-12-24-18)19(16)14-7-5-6-8-17(14)21/h5-13H,4H2,1-3H3. The third kappa shape index (κ3) is 2.82. The summed E-state index contributed by atoms with van der Waals surface area (Å²) in [7, 11) is 1.81. The second-order valence-electron chi connectivity index (χ2n) is 5.97. The fourth-order valence-corrected chi connectivity index (χ4v) is 3.63. The minimum absolute atomic E-state index is 0.0734. The summed E-state index contributed by atoms with van der Waals surface area (Å²) in [5, 5.41) is 2.90. The first-order valence-corrected chi connectivity index (χ1v) is 8.94. The predicted octanol–water partition coefficient (Wildman–Crippen LogP) is 5.58. The molecule has 0 fully saturated rings. The lowest BCUT2D eigenvalue weighted by molar-refractivity contribution is 0.0741. The Bertz CT molecular complexity index is 886. The quantitative estimate of drug-likeness (QED) is 0.607. The van der Waals surface area contributed by atoms with E-state index in [0.29, 0.717) is 16.7 Å². The number of rotatable bonds is 4. The van der Waals surface area contributed by atoms with E-state index in [9.17, 15) is 9.18 Å². The summed E-state index contributed by atoms with van der Waals surface area (Å²) in [5.74, 6) is -0.382. The van der Waals surface area contributed by atoms with Crippen LogP contribution in [0.1, 0.15) is 30.6 Å². The molecule has 0 bridgehead atoms. The van der Waals surface area contributed by atoms with Crippen LogP contribution in [0.15, 0.2) is 47.8 Å². The Morgan fingerprint density at radius 3 is 2.67 bits per heavy atom. The van der Waals surface area contributed by atoms with Crippen molar-refractivity contribution in [3.8, 4) is 11.1 Å². The van der Waals surface area contributed by atoms with E-state index in [1.165, 1.54) is 6.07 Å². The van der Waals surface area contributed by atoms with Crippen molar-refractivity contribution in [3.63, 3.8) is 0 Å². The highest BCUT2D eigenvalue weighted by atomic mass is 32.1. The third-order valence-corrected chi connectivity index (χ3v) is 5.46. The van der Waals surface area contributed by atoms with Gasteiger partial charge in [0.2, 0.25) is 0 Å². The molecule has 1 unspecified atom stereocenters. The molecule has 3 aromatic rings. The first kappa shape index (κ1) is 16.7. The number of hydrogen-bond donors (Lipinski definition) is 0. The maximum Gasteiger partial charge on any atom is 0.254 e. The summed E-state index contributed by atoms with van der Waals surface area (Å²) in [5.41, 5.74) is 1.71. The molecule has 0 radical (unpaired) electrons. The van der Waals surface area contributed by atoms with Crippen LogP contribution in [0.4, 0.5) is 4.39 Å². The number of carbonyl (C=O) groups excluding carboxylic acids is 1. The number of benzene rings is 2. The summed E-state index contributed by atoms with van der Waals surface area (Å²) < 4.78 is 15.5. The minimum Gasteiger partial charge on any atom is -0.339 e.